The fraction of sp³-hybridized carbons (Fsp3) is 0.250. The van der Waals surface area contributed by atoms with Crippen molar-refractivity contribution in [3.05, 3.63) is 42.9 Å². The first-order valence-electron chi connectivity index (χ1n) is 7.81. The van der Waals surface area contributed by atoms with E-state index in [0.717, 1.165) is 29.7 Å². The maximum atomic E-state index is 12.4. The maximum Gasteiger partial charge on any atom is 0.321 e. The van der Waals surface area contributed by atoms with Crippen LogP contribution >= 0.6 is 0 Å². The molecule has 0 saturated carbocycles. The number of nitrogens with one attached hydrogen (secondary N) is 2. The topological polar surface area (TPSA) is 90.0 Å². The fourth-order valence-corrected chi connectivity index (χ4v) is 2.78. The van der Waals surface area contributed by atoms with E-state index in [0.29, 0.717) is 19.0 Å². The van der Waals surface area contributed by atoms with E-state index in [1.807, 2.05) is 18.2 Å². The molecule has 8 heteroatoms. The van der Waals surface area contributed by atoms with Crippen molar-refractivity contribution in [3.8, 4) is 0 Å². The Morgan fingerprint density at radius 3 is 2.71 bits per heavy atom. The molecule has 2 amide bonds. The number of fused-ring (bicyclic) bond motifs is 1. The first-order chi connectivity index (χ1) is 11.8. The third-order valence-corrected chi connectivity index (χ3v) is 4.10. The summed E-state index contributed by atoms with van der Waals surface area (Å²) in [6, 6.07) is 7.39. The van der Waals surface area contributed by atoms with Crippen LogP contribution in [0.25, 0.3) is 10.9 Å². The van der Waals surface area contributed by atoms with Gasteiger partial charge in [-0.05, 0) is 24.3 Å². The largest absolute Gasteiger partial charge is 0.337 e. The van der Waals surface area contributed by atoms with Crippen LogP contribution in [0.5, 0.6) is 0 Å². The van der Waals surface area contributed by atoms with E-state index < -0.39 is 0 Å². The lowest BCUT2D eigenvalue weighted by Gasteiger charge is -2.34. The zero-order chi connectivity index (χ0) is 16.4. The third-order valence-electron chi connectivity index (χ3n) is 4.10. The van der Waals surface area contributed by atoms with Gasteiger partial charge in [0.15, 0.2) is 0 Å². The van der Waals surface area contributed by atoms with Crippen LogP contribution in [0.1, 0.15) is 0 Å². The number of anilines is 2. The van der Waals surface area contributed by atoms with Gasteiger partial charge in [-0.15, -0.1) is 0 Å². The van der Waals surface area contributed by atoms with Crippen LogP contribution in [0.3, 0.4) is 0 Å². The summed E-state index contributed by atoms with van der Waals surface area (Å²) in [5.74, 6) is 0.710. The number of hydrogen-bond acceptors (Lipinski definition) is 5. The maximum absolute atomic E-state index is 12.4. The molecule has 0 aliphatic carbocycles. The minimum absolute atomic E-state index is 0.0949. The van der Waals surface area contributed by atoms with Crippen LogP contribution < -0.4 is 10.2 Å². The number of rotatable bonds is 2. The van der Waals surface area contributed by atoms with Crippen molar-refractivity contribution in [2.45, 2.75) is 0 Å². The number of benzene rings is 1. The Morgan fingerprint density at radius 2 is 1.92 bits per heavy atom. The number of amides is 2. The zero-order valence-corrected chi connectivity index (χ0v) is 13.0. The Kier molecular flexibility index (Phi) is 3.70. The van der Waals surface area contributed by atoms with Crippen LogP contribution in [-0.2, 0) is 0 Å². The Hall–Kier alpha value is -3.16. The van der Waals surface area contributed by atoms with Gasteiger partial charge in [-0.2, -0.15) is 5.10 Å². The summed E-state index contributed by atoms with van der Waals surface area (Å²) < 4.78 is 0. The number of aromatic amines is 1. The van der Waals surface area contributed by atoms with Gasteiger partial charge in [0.25, 0.3) is 0 Å². The molecule has 3 aromatic rings. The molecular formula is C16H17N7O. The predicted octanol–water partition coefficient (Wildman–Crippen LogP) is 1.71. The van der Waals surface area contributed by atoms with Crippen LogP contribution in [-0.4, -0.2) is 57.3 Å². The summed E-state index contributed by atoms with van der Waals surface area (Å²) in [7, 11) is 0. The molecule has 0 atom stereocenters. The lowest BCUT2D eigenvalue weighted by molar-refractivity contribution is 0.208. The van der Waals surface area contributed by atoms with Crippen LogP contribution in [0.15, 0.2) is 42.9 Å². The molecule has 1 aliphatic rings. The normalized spacial score (nSPS) is 14.8. The van der Waals surface area contributed by atoms with Gasteiger partial charge in [0.05, 0.1) is 11.7 Å². The lowest BCUT2D eigenvalue weighted by atomic mass is 10.2. The standard InChI is InChI=1S/C16H17N7O/c24-16(20-13-3-2-12-11-19-21-14(12)10-13)23-8-6-22(7-9-23)15-17-4-1-5-18-15/h1-5,10-11H,6-9H2,(H,19,21)(H,20,24). The van der Waals surface area contributed by atoms with Crippen molar-refractivity contribution in [1.82, 2.24) is 25.1 Å². The Morgan fingerprint density at radius 1 is 1.12 bits per heavy atom. The summed E-state index contributed by atoms with van der Waals surface area (Å²) in [6.07, 6.45) is 5.21. The van der Waals surface area contributed by atoms with E-state index in [1.165, 1.54) is 0 Å². The zero-order valence-electron chi connectivity index (χ0n) is 13.0. The molecule has 24 heavy (non-hydrogen) atoms. The summed E-state index contributed by atoms with van der Waals surface area (Å²) in [5, 5.41) is 10.8. The third kappa shape index (κ3) is 2.85. The highest BCUT2D eigenvalue weighted by Gasteiger charge is 2.22. The van der Waals surface area contributed by atoms with Gasteiger partial charge in [0, 0.05) is 49.6 Å². The fourth-order valence-electron chi connectivity index (χ4n) is 2.78. The van der Waals surface area contributed by atoms with Crippen molar-refractivity contribution in [2.24, 2.45) is 0 Å². The van der Waals surface area contributed by atoms with Gasteiger partial charge in [-0.3, -0.25) is 5.10 Å². The molecule has 0 bridgehead atoms. The van der Waals surface area contributed by atoms with Gasteiger partial charge in [0.1, 0.15) is 0 Å². The Labute approximate surface area is 138 Å². The highest BCUT2D eigenvalue weighted by molar-refractivity contribution is 5.92. The molecule has 8 nitrogen and oxygen atoms in total. The van der Waals surface area contributed by atoms with Crippen molar-refractivity contribution >= 4 is 28.6 Å². The minimum Gasteiger partial charge on any atom is -0.337 e. The number of piperazine rings is 1. The van der Waals surface area contributed by atoms with E-state index in [4.69, 9.17) is 0 Å². The molecule has 0 spiro atoms. The molecule has 1 fully saturated rings. The van der Waals surface area contributed by atoms with Crippen molar-refractivity contribution < 1.29 is 4.79 Å². The van der Waals surface area contributed by atoms with E-state index in [1.54, 1.807) is 29.6 Å². The molecule has 0 radical (unpaired) electrons. The number of aromatic nitrogens is 4. The summed E-state index contributed by atoms with van der Waals surface area (Å²) >= 11 is 0. The van der Waals surface area contributed by atoms with Crippen molar-refractivity contribution in [1.29, 1.82) is 0 Å². The molecule has 1 aromatic carbocycles. The molecule has 4 rings (SSSR count). The highest BCUT2D eigenvalue weighted by Crippen LogP contribution is 2.17. The first kappa shape index (κ1) is 14.4. The summed E-state index contributed by atoms with van der Waals surface area (Å²) in [6.45, 7) is 2.71. The molecule has 1 aliphatic heterocycles. The number of urea groups is 1. The lowest BCUT2D eigenvalue weighted by Crippen LogP contribution is -2.50. The molecule has 1 saturated heterocycles. The average molecular weight is 323 g/mol. The van der Waals surface area contributed by atoms with Crippen LogP contribution in [0, 0.1) is 0 Å². The predicted molar refractivity (Wildman–Crippen MR) is 90.9 cm³/mol. The number of H-pyrrole nitrogens is 1. The number of hydrogen-bond donors (Lipinski definition) is 2. The van der Waals surface area contributed by atoms with Gasteiger partial charge < -0.3 is 15.1 Å². The SMILES string of the molecule is O=C(Nc1ccc2cn[nH]c2c1)N1CCN(c2ncccn2)CC1. The van der Waals surface area contributed by atoms with Gasteiger partial charge in [0.2, 0.25) is 5.95 Å². The van der Waals surface area contributed by atoms with Gasteiger partial charge in [-0.25, -0.2) is 14.8 Å². The average Bonchev–Trinajstić information content (AvgIpc) is 3.10. The minimum atomic E-state index is -0.0949. The monoisotopic (exact) mass is 323 g/mol. The molecular weight excluding hydrogens is 306 g/mol. The quantitative estimate of drug-likeness (QED) is 0.749. The molecule has 0 unspecified atom stereocenters. The van der Waals surface area contributed by atoms with Crippen molar-refractivity contribution in [3.63, 3.8) is 0 Å². The highest BCUT2D eigenvalue weighted by atomic mass is 16.2. The second-order valence-electron chi connectivity index (χ2n) is 5.63. The van der Waals surface area contributed by atoms with E-state index in [-0.39, 0.29) is 6.03 Å². The number of carbonyl (C=O) groups excluding carboxylic acids is 1. The number of nitrogens with zero attached hydrogens (tertiary/aromatic N) is 5. The molecule has 122 valence electrons. The van der Waals surface area contributed by atoms with Crippen LogP contribution in [0.2, 0.25) is 0 Å². The van der Waals surface area contributed by atoms with E-state index >= 15 is 0 Å². The smallest absolute Gasteiger partial charge is 0.321 e. The molecule has 3 heterocycles. The van der Waals surface area contributed by atoms with Crippen molar-refractivity contribution in [2.75, 3.05) is 36.4 Å². The second kappa shape index (κ2) is 6.15. The molecule has 2 aromatic heterocycles. The first-order valence-corrected chi connectivity index (χ1v) is 7.81. The Bertz CT molecular complexity index is 840. The summed E-state index contributed by atoms with van der Waals surface area (Å²) in [4.78, 5) is 24.8. The van der Waals surface area contributed by atoms with E-state index in [9.17, 15) is 4.79 Å². The van der Waals surface area contributed by atoms with Gasteiger partial charge in [-0.1, -0.05) is 0 Å². The summed E-state index contributed by atoms with van der Waals surface area (Å²) in [5.41, 5.74) is 1.66. The van der Waals surface area contributed by atoms with Crippen LogP contribution in [0.4, 0.5) is 16.4 Å². The Balaban J connectivity index is 1.37. The van der Waals surface area contributed by atoms with E-state index in [2.05, 4.69) is 30.4 Å². The van der Waals surface area contributed by atoms with Gasteiger partial charge >= 0.3 is 6.03 Å². The second-order valence-corrected chi connectivity index (χ2v) is 5.63. The molecule has 2 N–H and O–H groups in total. The number of carbonyl (C=O) groups is 1.